The second-order valence-corrected chi connectivity index (χ2v) is 10.7. The molecule has 7 rings (SSSR count). The second-order valence-electron chi connectivity index (χ2n) is 10.7. The van der Waals surface area contributed by atoms with E-state index in [4.69, 9.17) is 15.7 Å². The van der Waals surface area contributed by atoms with Gasteiger partial charge in [0.15, 0.2) is 11.5 Å². The van der Waals surface area contributed by atoms with Gasteiger partial charge in [0.1, 0.15) is 17.5 Å². The average molecular weight is 558 g/mol. The Morgan fingerprint density at radius 2 is 1.90 bits per heavy atom. The van der Waals surface area contributed by atoms with Crippen LogP contribution in [0.1, 0.15) is 40.4 Å². The van der Waals surface area contributed by atoms with E-state index in [1.54, 1.807) is 9.47 Å². The Balaban J connectivity index is 1.34. The number of halogens is 2. The van der Waals surface area contributed by atoms with E-state index in [9.17, 15) is 13.6 Å². The van der Waals surface area contributed by atoms with Gasteiger partial charge in [-0.15, -0.1) is 0 Å². The van der Waals surface area contributed by atoms with Gasteiger partial charge >= 0.3 is 0 Å². The maximum atomic E-state index is 14.9. The van der Waals surface area contributed by atoms with Crippen LogP contribution in [-0.2, 0) is 13.1 Å². The molecule has 1 unspecified atom stereocenters. The van der Waals surface area contributed by atoms with Crippen LogP contribution in [0.3, 0.4) is 0 Å². The van der Waals surface area contributed by atoms with Crippen molar-refractivity contribution in [2.45, 2.75) is 38.9 Å². The van der Waals surface area contributed by atoms with E-state index in [0.29, 0.717) is 55.4 Å². The quantitative estimate of drug-likeness (QED) is 0.401. The summed E-state index contributed by atoms with van der Waals surface area (Å²) in [5, 5.41) is 0.947. The molecule has 3 aliphatic rings. The maximum absolute atomic E-state index is 14.9. The summed E-state index contributed by atoms with van der Waals surface area (Å²) in [7, 11) is 0. The highest BCUT2D eigenvalue weighted by molar-refractivity contribution is 6.18. The van der Waals surface area contributed by atoms with Crippen LogP contribution in [0.2, 0.25) is 0 Å². The molecular formula is C29H29F2N9O. The van der Waals surface area contributed by atoms with E-state index < -0.39 is 11.6 Å². The van der Waals surface area contributed by atoms with Gasteiger partial charge in [-0.1, -0.05) is 18.2 Å². The number of hydrogen-bond acceptors (Lipinski definition) is 8. The fourth-order valence-electron chi connectivity index (χ4n) is 5.98. The van der Waals surface area contributed by atoms with Gasteiger partial charge in [-0.25, -0.2) is 18.7 Å². The van der Waals surface area contributed by atoms with E-state index >= 15 is 0 Å². The minimum absolute atomic E-state index is 0.0544. The lowest BCUT2D eigenvalue weighted by Crippen LogP contribution is -2.50. The number of hydrogen-bond donors (Lipinski definition) is 1. The smallest absolute Gasteiger partial charge is 0.281 e. The van der Waals surface area contributed by atoms with Crippen molar-refractivity contribution in [2.24, 2.45) is 10.7 Å². The number of aromatic nitrogens is 4. The van der Waals surface area contributed by atoms with Gasteiger partial charge in [-0.05, 0) is 44.0 Å². The molecule has 0 radical (unpaired) electrons. The molecule has 1 fully saturated rings. The summed E-state index contributed by atoms with van der Waals surface area (Å²) < 4.78 is 30.8. The zero-order chi connectivity index (χ0) is 28.2. The third-order valence-corrected chi connectivity index (χ3v) is 7.91. The number of aliphatic imine (C=N–C) groups is 1. The largest absolute Gasteiger partial charge is 0.341 e. The predicted octanol–water partition coefficient (Wildman–Crippen LogP) is 3.22. The van der Waals surface area contributed by atoms with Crippen molar-refractivity contribution in [1.82, 2.24) is 24.4 Å². The van der Waals surface area contributed by atoms with Gasteiger partial charge in [-0.3, -0.25) is 24.2 Å². The number of guanidine groups is 1. The van der Waals surface area contributed by atoms with Crippen LogP contribution in [0, 0.1) is 18.6 Å². The first-order chi connectivity index (χ1) is 19.9. The first kappa shape index (κ1) is 25.5. The number of amides is 1. The Morgan fingerprint density at radius 1 is 1.05 bits per heavy atom. The van der Waals surface area contributed by atoms with E-state index in [-0.39, 0.29) is 30.6 Å². The summed E-state index contributed by atoms with van der Waals surface area (Å²) in [6.45, 7) is 4.21. The minimum atomic E-state index is -0.557. The number of aryl methyl sites for hydroxylation is 1. The number of fused-ring (bicyclic) bond motifs is 4. The number of piperidine rings is 1. The van der Waals surface area contributed by atoms with Crippen LogP contribution < -0.4 is 15.5 Å². The molecule has 2 N–H and O–H groups in total. The molecular weight excluding hydrogens is 528 g/mol. The number of imidazole rings is 1. The van der Waals surface area contributed by atoms with Crippen LogP contribution >= 0.6 is 0 Å². The van der Waals surface area contributed by atoms with E-state index in [2.05, 4.69) is 9.98 Å². The summed E-state index contributed by atoms with van der Waals surface area (Å²) >= 11 is 0. The third kappa shape index (κ3) is 4.38. The molecule has 0 saturated carbocycles. The molecule has 2 aromatic heterocycles. The lowest BCUT2D eigenvalue weighted by Gasteiger charge is -2.33. The van der Waals surface area contributed by atoms with Crippen molar-refractivity contribution in [1.29, 1.82) is 0 Å². The Bertz CT molecular complexity index is 1720. The van der Waals surface area contributed by atoms with Crippen LogP contribution in [0.4, 0.5) is 20.5 Å². The molecule has 5 heterocycles. The third-order valence-electron chi connectivity index (χ3n) is 7.91. The Hall–Kier alpha value is -4.45. The van der Waals surface area contributed by atoms with Gasteiger partial charge in [0.25, 0.3) is 5.91 Å². The highest BCUT2D eigenvalue weighted by Gasteiger charge is 2.43. The summed E-state index contributed by atoms with van der Waals surface area (Å²) in [4.78, 5) is 38.8. The van der Waals surface area contributed by atoms with Crippen LogP contribution in [0.25, 0.3) is 10.9 Å². The van der Waals surface area contributed by atoms with Gasteiger partial charge in [0, 0.05) is 42.3 Å². The molecule has 0 aliphatic carbocycles. The number of benzene rings is 2. The molecule has 1 atom stereocenters. The molecule has 41 heavy (non-hydrogen) atoms. The molecule has 210 valence electrons. The van der Waals surface area contributed by atoms with Crippen molar-refractivity contribution < 1.29 is 13.6 Å². The average Bonchev–Trinajstić information content (AvgIpc) is 3.59. The topological polar surface area (TPSA) is 109 Å². The fourth-order valence-corrected chi connectivity index (χ4v) is 5.98. The van der Waals surface area contributed by atoms with Crippen LogP contribution in [-0.4, -0.2) is 68.5 Å². The summed E-state index contributed by atoms with van der Waals surface area (Å²) in [6, 6.07) is 11.0. The van der Waals surface area contributed by atoms with Gasteiger partial charge < -0.3 is 10.6 Å². The number of carbonyl (C=O) groups is 1. The van der Waals surface area contributed by atoms with E-state index in [1.807, 2.05) is 41.0 Å². The molecule has 12 heteroatoms. The first-order valence-electron chi connectivity index (χ1n) is 13.8. The molecule has 10 nitrogen and oxygen atoms in total. The molecule has 0 bridgehead atoms. The molecule has 1 saturated heterocycles. The van der Waals surface area contributed by atoms with E-state index in [1.165, 1.54) is 0 Å². The summed E-state index contributed by atoms with van der Waals surface area (Å²) in [6.07, 6.45) is 1.75. The Morgan fingerprint density at radius 3 is 2.76 bits per heavy atom. The number of carbonyl (C=O) groups excluding carboxylic acids is 1. The predicted molar refractivity (Wildman–Crippen MR) is 151 cm³/mol. The van der Waals surface area contributed by atoms with E-state index in [0.717, 1.165) is 47.6 Å². The van der Waals surface area contributed by atoms with Crippen LogP contribution in [0.15, 0.2) is 47.5 Å². The number of para-hydroxylation sites is 1. The second kappa shape index (κ2) is 9.88. The normalized spacial score (nSPS) is 18.6. The maximum Gasteiger partial charge on any atom is 0.281 e. The molecule has 4 aromatic rings. The SMILES string of the molecule is Cc1nc(CN2C(=O)c3c(nc(N4CCCC(N)C4)n3Cc3cc(F)ccc3F)N3CCN=C23)nc2ccccc12. The molecule has 1 amide bonds. The highest BCUT2D eigenvalue weighted by Crippen LogP contribution is 2.36. The van der Waals surface area contributed by atoms with Crippen molar-refractivity contribution in [2.75, 3.05) is 36.0 Å². The molecule has 0 spiro atoms. The first-order valence-corrected chi connectivity index (χ1v) is 13.8. The monoisotopic (exact) mass is 557 g/mol. The Kier molecular flexibility index (Phi) is 6.15. The number of nitrogens with two attached hydrogens (primary N) is 1. The van der Waals surface area contributed by atoms with Crippen molar-refractivity contribution in [3.8, 4) is 0 Å². The summed E-state index contributed by atoms with van der Waals surface area (Å²) in [5.41, 5.74) is 8.32. The lowest BCUT2D eigenvalue weighted by molar-refractivity contribution is 0.0820. The van der Waals surface area contributed by atoms with Crippen molar-refractivity contribution >= 4 is 34.5 Å². The van der Waals surface area contributed by atoms with Crippen molar-refractivity contribution in [3.63, 3.8) is 0 Å². The zero-order valence-electron chi connectivity index (χ0n) is 22.6. The highest BCUT2D eigenvalue weighted by atomic mass is 19.1. The number of rotatable bonds is 5. The molecule has 2 aromatic carbocycles. The molecule has 3 aliphatic heterocycles. The number of nitrogens with zero attached hydrogens (tertiary/aromatic N) is 8. The van der Waals surface area contributed by atoms with Gasteiger partial charge in [0.2, 0.25) is 11.9 Å². The van der Waals surface area contributed by atoms with Gasteiger partial charge in [-0.2, -0.15) is 4.98 Å². The standard InChI is InChI=1S/C29H29F2N9O/c1-17-21-6-2-3-7-23(21)35-24(34-17)16-40-27(41)25-26(38-12-10-33-28(38)40)36-29(37-11-4-5-20(32)15-37)39(25)14-18-13-19(30)8-9-22(18)31/h2-3,6-9,13,20H,4-5,10-12,14-16,32H2,1H3. The zero-order valence-corrected chi connectivity index (χ0v) is 22.6. The lowest BCUT2D eigenvalue weighted by atomic mass is 10.1. The fraction of sp³-hybridized carbons (Fsp3) is 0.345. The Labute approximate surface area is 235 Å². The van der Waals surface area contributed by atoms with Crippen molar-refractivity contribution in [3.05, 3.63) is 76.9 Å². The minimum Gasteiger partial charge on any atom is -0.341 e. The number of anilines is 2. The van der Waals surface area contributed by atoms with Crippen LogP contribution in [0.5, 0.6) is 0 Å². The van der Waals surface area contributed by atoms with Gasteiger partial charge in [0.05, 0.1) is 25.2 Å². The summed E-state index contributed by atoms with van der Waals surface area (Å²) in [5.74, 6) is 0.485.